The van der Waals surface area contributed by atoms with E-state index in [1.165, 1.54) is 23.9 Å². The molecule has 1 saturated heterocycles. The van der Waals surface area contributed by atoms with Gasteiger partial charge in [-0.1, -0.05) is 36.4 Å². The van der Waals surface area contributed by atoms with Gasteiger partial charge in [-0.25, -0.2) is 8.78 Å². The van der Waals surface area contributed by atoms with Crippen LogP contribution in [0.4, 0.5) is 8.78 Å². The number of amides is 1. The molecule has 2 nitrogen and oxygen atoms in total. The van der Waals surface area contributed by atoms with E-state index in [0.29, 0.717) is 12.1 Å². The molecule has 2 aromatic carbocycles. The summed E-state index contributed by atoms with van der Waals surface area (Å²) < 4.78 is 27.2. The molecule has 0 aromatic heterocycles. The van der Waals surface area contributed by atoms with E-state index in [1.807, 2.05) is 37.3 Å². The Bertz CT molecular complexity index is 692. The fraction of sp³-hybridized carbons (Fsp3) is 0.235. The highest BCUT2D eigenvalue weighted by molar-refractivity contribution is 8.01. The Morgan fingerprint density at radius 3 is 2.55 bits per heavy atom. The first-order valence-corrected chi connectivity index (χ1v) is 7.95. The van der Waals surface area contributed by atoms with Crippen LogP contribution < -0.4 is 0 Å². The van der Waals surface area contributed by atoms with E-state index in [0.717, 1.165) is 11.6 Å². The van der Waals surface area contributed by atoms with Gasteiger partial charge in [0.1, 0.15) is 17.0 Å². The van der Waals surface area contributed by atoms with Crippen molar-refractivity contribution in [2.24, 2.45) is 0 Å². The molecule has 5 heteroatoms. The molecule has 2 aromatic rings. The standard InChI is InChI=1S/C17H15F2NOS/c1-11-16(21)20(10-12-5-3-2-4-6-12)17(22-11)14-8-7-13(18)9-15(14)19/h2-9,11,17H,10H2,1H3. The summed E-state index contributed by atoms with van der Waals surface area (Å²) in [5.74, 6) is -1.25. The summed E-state index contributed by atoms with van der Waals surface area (Å²) in [6.07, 6.45) is 0. The second-order valence-electron chi connectivity index (χ2n) is 5.25. The lowest BCUT2D eigenvalue weighted by molar-refractivity contribution is -0.130. The summed E-state index contributed by atoms with van der Waals surface area (Å²) in [4.78, 5) is 14.0. The first kappa shape index (κ1) is 15.0. The number of rotatable bonds is 3. The predicted molar refractivity (Wildman–Crippen MR) is 83.1 cm³/mol. The van der Waals surface area contributed by atoms with Gasteiger partial charge >= 0.3 is 0 Å². The maximum atomic E-state index is 14.1. The van der Waals surface area contributed by atoms with Crippen molar-refractivity contribution in [1.82, 2.24) is 4.90 Å². The summed E-state index contributed by atoms with van der Waals surface area (Å²) in [7, 11) is 0. The molecule has 1 fully saturated rings. The minimum Gasteiger partial charge on any atom is -0.321 e. The summed E-state index contributed by atoms with van der Waals surface area (Å²) >= 11 is 1.39. The number of thioether (sulfide) groups is 1. The van der Waals surface area contributed by atoms with E-state index in [2.05, 4.69) is 0 Å². The van der Waals surface area contributed by atoms with Crippen LogP contribution in [0.1, 0.15) is 23.4 Å². The van der Waals surface area contributed by atoms with Gasteiger partial charge in [0.15, 0.2) is 0 Å². The molecule has 1 amide bonds. The average molecular weight is 319 g/mol. The molecular weight excluding hydrogens is 304 g/mol. The summed E-state index contributed by atoms with van der Waals surface area (Å²) in [6, 6.07) is 13.1. The molecule has 1 aliphatic heterocycles. The second-order valence-corrected chi connectivity index (χ2v) is 6.67. The van der Waals surface area contributed by atoms with Crippen molar-refractivity contribution >= 4 is 17.7 Å². The van der Waals surface area contributed by atoms with Gasteiger partial charge in [-0.2, -0.15) is 0 Å². The molecule has 0 N–H and O–H groups in total. The quantitative estimate of drug-likeness (QED) is 0.848. The smallest absolute Gasteiger partial charge is 0.236 e. The van der Waals surface area contributed by atoms with E-state index >= 15 is 0 Å². The van der Waals surface area contributed by atoms with E-state index < -0.39 is 17.0 Å². The fourth-order valence-corrected chi connectivity index (χ4v) is 3.86. The van der Waals surface area contributed by atoms with Crippen molar-refractivity contribution in [3.8, 4) is 0 Å². The summed E-state index contributed by atoms with van der Waals surface area (Å²) in [5, 5.41) is -0.665. The van der Waals surface area contributed by atoms with Crippen LogP contribution in [0.3, 0.4) is 0 Å². The number of carbonyl (C=O) groups excluding carboxylic acids is 1. The Kier molecular flexibility index (Phi) is 4.16. The molecule has 0 bridgehead atoms. The lowest BCUT2D eigenvalue weighted by atomic mass is 10.1. The van der Waals surface area contributed by atoms with Gasteiger partial charge in [-0.15, -0.1) is 11.8 Å². The summed E-state index contributed by atoms with van der Waals surface area (Å²) in [6.45, 7) is 2.23. The van der Waals surface area contributed by atoms with E-state index in [9.17, 15) is 13.6 Å². The van der Waals surface area contributed by atoms with Gasteiger partial charge in [0.2, 0.25) is 5.91 Å². The van der Waals surface area contributed by atoms with Gasteiger partial charge in [-0.05, 0) is 18.6 Å². The first-order valence-electron chi connectivity index (χ1n) is 7.01. The van der Waals surface area contributed by atoms with Crippen LogP contribution in [0.2, 0.25) is 0 Å². The van der Waals surface area contributed by atoms with Gasteiger partial charge < -0.3 is 4.90 Å². The lowest BCUT2D eigenvalue weighted by Crippen LogP contribution is -2.30. The van der Waals surface area contributed by atoms with Crippen LogP contribution in [0.15, 0.2) is 48.5 Å². The number of benzene rings is 2. The number of hydrogen-bond acceptors (Lipinski definition) is 2. The zero-order chi connectivity index (χ0) is 15.7. The second kappa shape index (κ2) is 6.08. The minimum atomic E-state index is -0.613. The predicted octanol–water partition coefficient (Wildman–Crippen LogP) is 4.13. The lowest BCUT2D eigenvalue weighted by Gasteiger charge is -2.24. The zero-order valence-electron chi connectivity index (χ0n) is 12.0. The van der Waals surface area contributed by atoms with Crippen LogP contribution in [0, 0.1) is 11.6 Å². The highest BCUT2D eigenvalue weighted by atomic mass is 32.2. The number of nitrogens with zero attached hydrogens (tertiary/aromatic N) is 1. The molecular formula is C17H15F2NOS. The Hall–Kier alpha value is -1.88. The van der Waals surface area contributed by atoms with Gasteiger partial charge in [0.25, 0.3) is 0 Å². The van der Waals surface area contributed by atoms with Crippen LogP contribution in [0.25, 0.3) is 0 Å². The maximum Gasteiger partial charge on any atom is 0.236 e. The van der Waals surface area contributed by atoms with Gasteiger partial charge in [-0.3, -0.25) is 4.79 Å². The molecule has 2 atom stereocenters. The third-order valence-corrected chi connectivity index (χ3v) is 5.05. The third kappa shape index (κ3) is 2.86. The average Bonchev–Trinajstić information content (AvgIpc) is 2.77. The highest BCUT2D eigenvalue weighted by Gasteiger charge is 2.39. The van der Waals surface area contributed by atoms with E-state index in [-0.39, 0.29) is 11.2 Å². The monoisotopic (exact) mass is 319 g/mol. The Morgan fingerprint density at radius 1 is 1.14 bits per heavy atom. The van der Waals surface area contributed by atoms with Crippen LogP contribution in [0.5, 0.6) is 0 Å². The molecule has 2 unspecified atom stereocenters. The van der Waals surface area contributed by atoms with Gasteiger partial charge in [0.05, 0.1) is 5.25 Å². The Morgan fingerprint density at radius 2 is 1.86 bits per heavy atom. The molecule has 0 spiro atoms. The molecule has 1 aliphatic rings. The van der Waals surface area contributed by atoms with Crippen molar-refractivity contribution in [3.05, 3.63) is 71.3 Å². The van der Waals surface area contributed by atoms with Crippen molar-refractivity contribution < 1.29 is 13.6 Å². The third-order valence-electron chi connectivity index (χ3n) is 3.67. The van der Waals surface area contributed by atoms with Gasteiger partial charge in [0, 0.05) is 18.2 Å². The van der Waals surface area contributed by atoms with Crippen molar-refractivity contribution in [3.63, 3.8) is 0 Å². The number of carbonyl (C=O) groups is 1. The Balaban J connectivity index is 1.93. The molecule has 22 heavy (non-hydrogen) atoms. The van der Waals surface area contributed by atoms with Crippen LogP contribution in [-0.4, -0.2) is 16.1 Å². The molecule has 1 heterocycles. The molecule has 114 valence electrons. The van der Waals surface area contributed by atoms with Crippen molar-refractivity contribution in [2.45, 2.75) is 24.1 Å². The summed E-state index contributed by atoms with van der Waals surface area (Å²) in [5.41, 5.74) is 1.33. The van der Waals surface area contributed by atoms with Crippen molar-refractivity contribution in [2.75, 3.05) is 0 Å². The molecule has 0 aliphatic carbocycles. The fourth-order valence-electron chi connectivity index (χ4n) is 2.56. The topological polar surface area (TPSA) is 20.3 Å². The highest BCUT2D eigenvalue weighted by Crippen LogP contribution is 2.44. The largest absolute Gasteiger partial charge is 0.321 e. The van der Waals surface area contributed by atoms with Crippen molar-refractivity contribution in [1.29, 1.82) is 0 Å². The molecule has 0 radical (unpaired) electrons. The zero-order valence-corrected chi connectivity index (χ0v) is 12.8. The Labute approximate surface area is 132 Å². The van der Waals surface area contributed by atoms with Crippen LogP contribution >= 0.6 is 11.8 Å². The minimum absolute atomic E-state index is 0.0254. The first-order chi connectivity index (χ1) is 10.6. The normalized spacial score (nSPS) is 21.4. The number of hydrogen-bond donors (Lipinski definition) is 0. The molecule has 0 saturated carbocycles. The molecule has 3 rings (SSSR count). The van der Waals surface area contributed by atoms with E-state index in [4.69, 9.17) is 0 Å². The maximum absolute atomic E-state index is 14.1. The van der Waals surface area contributed by atoms with Crippen LogP contribution in [-0.2, 0) is 11.3 Å². The SMILES string of the molecule is CC1SC(c2ccc(F)cc2F)N(Cc2ccccc2)C1=O. The van der Waals surface area contributed by atoms with E-state index in [1.54, 1.807) is 4.90 Å². The number of halogens is 2.